The number of nitrogen functional groups attached to an aromatic ring is 1. The average molecular weight is 1070 g/mol. The zero-order valence-corrected chi connectivity index (χ0v) is 45.0. The van der Waals surface area contributed by atoms with Gasteiger partial charge in [0.1, 0.15) is 30.7 Å². The van der Waals surface area contributed by atoms with E-state index in [1.807, 2.05) is 12.2 Å². The van der Waals surface area contributed by atoms with Crippen molar-refractivity contribution in [3.63, 3.8) is 0 Å². The van der Waals surface area contributed by atoms with Crippen LogP contribution in [0.4, 0.5) is 5.82 Å². The standard InChI is InChI=1S/C52H85N3O16P2/c1-4-5-6-7-8-9-10-11-12-13-14-18-21-24-27-30-33-43(56)35-36-47(57)66-39-44(69-48(58)34-31-28-25-22-19-16-15-17-20-23-26-29-32-42(2)3)40-67-72(62,63)71-73(64,65)68-41-45-49(59)50(60)51(70-45)55-38-37-46(53)54-52(55)61/h5-6,8-9,11-12,14,18,24,27,30,33,37-38,42-45,49-51,56,59-60H,4,7,10,13,15-17,19-23,25-26,28-29,31-32,34-36,39-41H2,1-3H3,(H,62,63)(H,64,65)(H2,53,54,61)/b6-5-,9-8-,12-11-,18-14-,27-24-,33-30-/t43?,44-,45-,49-,50-,51-/m1/s1. The van der Waals surface area contributed by atoms with Crippen molar-refractivity contribution in [1.82, 2.24) is 9.55 Å². The van der Waals surface area contributed by atoms with E-state index in [0.717, 1.165) is 68.0 Å². The first-order valence-electron chi connectivity index (χ1n) is 25.9. The summed E-state index contributed by atoms with van der Waals surface area (Å²) in [6.45, 7) is 4.10. The summed E-state index contributed by atoms with van der Waals surface area (Å²) in [5, 5.41) is 31.3. The van der Waals surface area contributed by atoms with E-state index in [1.165, 1.54) is 63.5 Å². The molecule has 1 saturated heterocycles. The van der Waals surface area contributed by atoms with Gasteiger partial charge in [0, 0.05) is 19.0 Å². The van der Waals surface area contributed by atoms with E-state index < -0.39 is 89.8 Å². The van der Waals surface area contributed by atoms with Crippen LogP contribution in [0.2, 0.25) is 0 Å². The third kappa shape index (κ3) is 32.3. The lowest BCUT2D eigenvalue weighted by atomic mass is 10.0. The smallest absolute Gasteiger partial charge is 0.462 e. The summed E-state index contributed by atoms with van der Waals surface area (Å²) in [6.07, 6.45) is 34.6. The lowest BCUT2D eigenvalue weighted by Gasteiger charge is -2.21. The molecular formula is C52H85N3O16P2. The topological polar surface area (TPSA) is 286 Å². The molecule has 1 aliphatic heterocycles. The Morgan fingerprint density at radius 3 is 1.86 bits per heavy atom. The molecule has 414 valence electrons. The quantitative estimate of drug-likeness (QED) is 0.0117. The van der Waals surface area contributed by atoms with Crippen LogP contribution in [0.5, 0.6) is 0 Å². The van der Waals surface area contributed by atoms with Crippen molar-refractivity contribution >= 4 is 33.4 Å². The highest BCUT2D eigenvalue weighted by Gasteiger charge is 2.46. The second-order valence-corrected chi connectivity index (χ2v) is 21.4. The molecule has 2 heterocycles. The van der Waals surface area contributed by atoms with Crippen LogP contribution in [0.15, 0.2) is 90.0 Å². The molecule has 1 fully saturated rings. The van der Waals surface area contributed by atoms with Crippen molar-refractivity contribution in [1.29, 1.82) is 0 Å². The van der Waals surface area contributed by atoms with Crippen LogP contribution in [-0.2, 0) is 46.3 Å². The van der Waals surface area contributed by atoms with Gasteiger partial charge in [-0.25, -0.2) is 13.9 Å². The molecule has 3 unspecified atom stereocenters. The number of phosphoric ester groups is 2. The maximum absolute atomic E-state index is 12.9. The average Bonchev–Trinajstić information content (AvgIpc) is 3.61. The summed E-state index contributed by atoms with van der Waals surface area (Å²) < 4.78 is 56.6. The summed E-state index contributed by atoms with van der Waals surface area (Å²) in [7, 11) is -10.9. The number of aliphatic hydroxyl groups is 3. The summed E-state index contributed by atoms with van der Waals surface area (Å²) in [5.74, 6) is -0.831. The predicted octanol–water partition coefficient (Wildman–Crippen LogP) is 9.72. The zero-order chi connectivity index (χ0) is 53.7. The van der Waals surface area contributed by atoms with Gasteiger partial charge in [0.05, 0.1) is 19.3 Å². The summed E-state index contributed by atoms with van der Waals surface area (Å²) in [6, 6.07) is 1.24. The maximum Gasteiger partial charge on any atom is 0.481 e. The number of allylic oxidation sites excluding steroid dienone is 11. The van der Waals surface area contributed by atoms with Crippen LogP contribution >= 0.6 is 15.6 Å². The highest BCUT2D eigenvalue weighted by molar-refractivity contribution is 7.61. The van der Waals surface area contributed by atoms with E-state index in [4.69, 9.17) is 29.0 Å². The molecule has 0 bridgehead atoms. The number of nitrogens with two attached hydrogens (primary N) is 1. The van der Waals surface area contributed by atoms with Gasteiger partial charge >= 0.3 is 33.3 Å². The van der Waals surface area contributed by atoms with Crippen molar-refractivity contribution < 1.29 is 71.4 Å². The van der Waals surface area contributed by atoms with E-state index >= 15 is 0 Å². The Balaban J connectivity index is 1.86. The Morgan fingerprint density at radius 1 is 0.740 bits per heavy atom. The van der Waals surface area contributed by atoms with Gasteiger partial charge in [-0.3, -0.25) is 23.2 Å². The number of aromatic nitrogens is 2. The van der Waals surface area contributed by atoms with Gasteiger partial charge in [-0.1, -0.05) is 171 Å². The maximum atomic E-state index is 12.9. The first kappa shape index (κ1) is 65.3. The van der Waals surface area contributed by atoms with E-state index in [0.29, 0.717) is 12.8 Å². The number of phosphoric acid groups is 2. The fourth-order valence-corrected chi connectivity index (χ4v) is 9.42. The highest BCUT2D eigenvalue weighted by Crippen LogP contribution is 2.60. The fraction of sp³-hybridized carbons (Fsp3) is 0.654. The minimum atomic E-state index is -5.48. The normalized spacial score (nSPS) is 20.1. The predicted molar refractivity (Wildman–Crippen MR) is 281 cm³/mol. The highest BCUT2D eigenvalue weighted by atomic mass is 31.3. The van der Waals surface area contributed by atoms with Crippen molar-refractivity contribution in [2.75, 3.05) is 25.6 Å². The molecule has 0 saturated carbocycles. The minimum Gasteiger partial charge on any atom is -0.462 e. The summed E-state index contributed by atoms with van der Waals surface area (Å²) in [5.41, 5.74) is 4.57. The SMILES string of the molecule is CC/C=C\C/C=C\C/C=C\C/C=C\C/C=C\C=C/C(O)CCC(=O)OC[C@H](COP(=O)(O)OP(=O)(O)OC[C@H]1O[C@@H](n2ccc(N)nc2=O)[C@H](O)[C@@H]1O)OC(=O)CCCCCCCCCCCCCCC(C)C. The number of nitrogens with zero attached hydrogens (tertiary/aromatic N) is 2. The minimum absolute atomic E-state index is 0.00123. The largest absolute Gasteiger partial charge is 0.481 e. The second-order valence-electron chi connectivity index (χ2n) is 18.3. The molecule has 0 aromatic carbocycles. The van der Waals surface area contributed by atoms with Gasteiger partial charge in [0.25, 0.3) is 0 Å². The molecule has 21 heteroatoms. The first-order valence-corrected chi connectivity index (χ1v) is 28.9. The summed E-state index contributed by atoms with van der Waals surface area (Å²) in [4.78, 5) is 62.0. The van der Waals surface area contributed by atoms with Gasteiger partial charge in [-0.05, 0) is 56.9 Å². The van der Waals surface area contributed by atoms with Crippen LogP contribution in [0.25, 0.3) is 0 Å². The number of esters is 2. The van der Waals surface area contributed by atoms with Crippen molar-refractivity contribution in [2.24, 2.45) is 5.92 Å². The molecule has 1 aliphatic rings. The van der Waals surface area contributed by atoms with Gasteiger partial charge in [0.2, 0.25) is 0 Å². The van der Waals surface area contributed by atoms with Crippen LogP contribution in [0.1, 0.15) is 162 Å². The number of anilines is 1. The Kier molecular flexibility index (Phi) is 34.6. The van der Waals surface area contributed by atoms with Crippen LogP contribution in [0, 0.1) is 5.92 Å². The fourth-order valence-electron chi connectivity index (χ4n) is 7.31. The van der Waals surface area contributed by atoms with Crippen LogP contribution in [-0.4, -0.2) is 96.9 Å². The number of carbonyl (C=O) groups is 2. The molecule has 7 N–H and O–H groups in total. The Bertz CT molecular complexity index is 2040. The molecule has 8 atom stereocenters. The molecular weight excluding hydrogens is 985 g/mol. The van der Waals surface area contributed by atoms with E-state index in [1.54, 1.807) is 12.2 Å². The van der Waals surface area contributed by atoms with Gasteiger partial charge in [-0.2, -0.15) is 9.29 Å². The molecule has 19 nitrogen and oxygen atoms in total. The molecule has 73 heavy (non-hydrogen) atoms. The molecule has 0 spiro atoms. The third-order valence-electron chi connectivity index (χ3n) is 11.4. The first-order chi connectivity index (χ1) is 34.9. The Morgan fingerprint density at radius 2 is 1.29 bits per heavy atom. The molecule has 0 radical (unpaired) electrons. The molecule has 1 aromatic rings. The van der Waals surface area contributed by atoms with Crippen LogP contribution < -0.4 is 11.4 Å². The summed E-state index contributed by atoms with van der Waals surface area (Å²) >= 11 is 0. The monoisotopic (exact) mass is 1070 g/mol. The van der Waals surface area contributed by atoms with E-state index in [9.17, 15) is 48.6 Å². The number of hydrogen-bond donors (Lipinski definition) is 6. The van der Waals surface area contributed by atoms with Crippen molar-refractivity contribution in [3.05, 3.63) is 95.7 Å². The van der Waals surface area contributed by atoms with E-state index in [2.05, 4.69) is 72.6 Å². The Labute approximate surface area is 432 Å². The third-order valence-corrected chi connectivity index (χ3v) is 14.0. The lowest BCUT2D eigenvalue weighted by Crippen LogP contribution is -2.36. The van der Waals surface area contributed by atoms with Crippen molar-refractivity contribution in [3.8, 4) is 0 Å². The lowest BCUT2D eigenvalue weighted by molar-refractivity contribution is -0.161. The molecule has 2 rings (SSSR count). The number of carbonyl (C=O) groups excluding carboxylic acids is 2. The molecule has 0 amide bonds. The number of rotatable bonds is 41. The number of ether oxygens (including phenoxy) is 3. The van der Waals surface area contributed by atoms with Crippen molar-refractivity contribution in [2.45, 2.75) is 192 Å². The number of hydrogen-bond acceptors (Lipinski definition) is 16. The number of aliphatic hydroxyl groups excluding tert-OH is 3. The second kappa shape index (κ2) is 38.7. The van der Waals surface area contributed by atoms with Gasteiger partial charge in [-0.15, -0.1) is 0 Å². The van der Waals surface area contributed by atoms with Crippen LogP contribution in [0.3, 0.4) is 0 Å². The molecule has 0 aliphatic carbocycles. The Hall–Kier alpha value is -3.84. The number of unbranched alkanes of at least 4 members (excludes halogenated alkanes) is 11. The zero-order valence-electron chi connectivity index (χ0n) is 43.2. The van der Waals surface area contributed by atoms with Gasteiger partial charge in [0.15, 0.2) is 12.3 Å². The van der Waals surface area contributed by atoms with E-state index in [-0.39, 0.29) is 25.1 Å². The molecule has 1 aromatic heterocycles. The van der Waals surface area contributed by atoms with Gasteiger partial charge < -0.3 is 45.1 Å².